The molecule has 0 aliphatic rings. The molecule has 9 nitrogen and oxygen atoms in total. The molecule has 0 aliphatic carbocycles. The summed E-state index contributed by atoms with van der Waals surface area (Å²) in [6, 6.07) is 0. The van der Waals surface area contributed by atoms with E-state index in [1.807, 2.05) is 35.0 Å². The van der Waals surface area contributed by atoms with Gasteiger partial charge in [0.15, 0.2) is 0 Å². The van der Waals surface area contributed by atoms with Crippen molar-refractivity contribution in [3.63, 3.8) is 0 Å². The van der Waals surface area contributed by atoms with Crippen molar-refractivity contribution in [1.82, 2.24) is 31.9 Å². The average Bonchev–Trinajstić information content (AvgIpc) is 2.69. The Morgan fingerprint density at radius 1 is 0.667 bits per heavy atom. The van der Waals surface area contributed by atoms with E-state index >= 15 is 0 Å². The second kappa shape index (κ2) is 17.4. The maximum Gasteiger partial charge on any atom is 0.220 e. The van der Waals surface area contributed by atoms with E-state index in [2.05, 4.69) is 38.8 Å². The van der Waals surface area contributed by atoms with Crippen molar-refractivity contribution >= 4 is 11.8 Å². The standard InChI is InChI=1S/C21H46N6O3/c1-15(9-22-4)12-25-19(28)7-18(21(30)27-14-17(3)11-24-6)8-20(29)26-13-16(2)10-23-5/h15-18,21-24,27,30H,7-14H2,1-6H3,(H,25,28)(H,26,29). The molecular weight excluding hydrogens is 384 g/mol. The summed E-state index contributed by atoms with van der Waals surface area (Å²) < 4.78 is 0. The number of rotatable bonds is 18. The van der Waals surface area contributed by atoms with Gasteiger partial charge in [-0.25, -0.2) is 0 Å². The Morgan fingerprint density at radius 2 is 1.03 bits per heavy atom. The average molecular weight is 431 g/mol. The molecule has 0 radical (unpaired) electrons. The number of aliphatic hydroxyl groups is 1. The van der Waals surface area contributed by atoms with E-state index in [9.17, 15) is 14.7 Å². The fraction of sp³-hybridized carbons (Fsp3) is 0.905. The Kier molecular flexibility index (Phi) is 16.7. The fourth-order valence-corrected chi connectivity index (χ4v) is 3.24. The van der Waals surface area contributed by atoms with Gasteiger partial charge in [0, 0.05) is 38.4 Å². The highest BCUT2D eigenvalue weighted by Crippen LogP contribution is 2.14. The summed E-state index contributed by atoms with van der Waals surface area (Å²) in [6.07, 6.45) is -0.731. The molecular formula is C21H46N6O3. The smallest absolute Gasteiger partial charge is 0.220 e. The maximum atomic E-state index is 12.4. The molecule has 0 aromatic carbocycles. The van der Waals surface area contributed by atoms with Crippen LogP contribution in [0.3, 0.4) is 0 Å². The monoisotopic (exact) mass is 430 g/mol. The Morgan fingerprint density at radius 3 is 1.40 bits per heavy atom. The lowest BCUT2D eigenvalue weighted by Crippen LogP contribution is -2.44. The van der Waals surface area contributed by atoms with Crippen LogP contribution in [0.25, 0.3) is 0 Å². The molecule has 2 amide bonds. The molecule has 7 N–H and O–H groups in total. The predicted octanol–water partition coefficient (Wildman–Crippen LogP) is -0.910. The minimum Gasteiger partial charge on any atom is -0.378 e. The van der Waals surface area contributed by atoms with Gasteiger partial charge in [-0.2, -0.15) is 0 Å². The summed E-state index contributed by atoms with van der Waals surface area (Å²) >= 11 is 0. The first-order valence-electron chi connectivity index (χ1n) is 11.1. The van der Waals surface area contributed by atoms with Gasteiger partial charge in [0.05, 0.1) is 0 Å². The van der Waals surface area contributed by atoms with Crippen molar-refractivity contribution in [2.75, 3.05) is 60.4 Å². The summed E-state index contributed by atoms with van der Waals surface area (Å²) in [5.41, 5.74) is 0. The highest BCUT2D eigenvalue weighted by Gasteiger charge is 2.25. The molecule has 0 aromatic heterocycles. The van der Waals surface area contributed by atoms with E-state index in [1.54, 1.807) is 0 Å². The second-order valence-corrected chi connectivity index (χ2v) is 8.62. The molecule has 0 aromatic rings. The van der Waals surface area contributed by atoms with E-state index in [0.29, 0.717) is 37.4 Å². The van der Waals surface area contributed by atoms with Crippen LogP contribution in [0.2, 0.25) is 0 Å². The molecule has 178 valence electrons. The van der Waals surface area contributed by atoms with Crippen LogP contribution < -0.4 is 31.9 Å². The summed E-state index contributed by atoms with van der Waals surface area (Å²) in [7, 11) is 5.64. The summed E-state index contributed by atoms with van der Waals surface area (Å²) in [4.78, 5) is 24.8. The van der Waals surface area contributed by atoms with Gasteiger partial charge in [-0.05, 0) is 58.5 Å². The van der Waals surface area contributed by atoms with E-state index < -0.39 is 12.1 Å². The van der Waals surface area contributed by atoms with Gasteiger partial charge in [-0.15, -0.1) is 0 Å². The van der Waals surface area contributed by atoms with Crippen LogP contribution in [0.5, 0.6) is 0 Å². The van der Waals surface area contributed by atoms with Gasteiger partial charge in [-0.1, -0.05) is 20.8 Å². The van der Waals surface area contributed by atoms with E-state index in [0.717, 1.165) is 19.6 Å². The lowest BCUT2D eigenvalue weighted by atomic mass is 9.97. The molecule has 4 unspecified atom stereocenters. The third-order valence-corrected chi connectivity index (χ3v) is 4.97. The summed E-state index contributed by atoms with van der Waals surface area (Å²) in [5, 5.41) is 28.8. The maximum absolute atomic E-state index is 12.4. The number of hydrogen-bond donors (Lipinski definition) is 7. The molecule has 9 heteroatoms. The highest BCUT2D eigenvalue weighted by molar-refractivity contribution is 5.79. The first-order valence-corrected chi connectivity index (χ1v) is 11.1. The number of hydrogen-bond acceptors (Lipinski definition) is 7. The minimum absolute atomic E-state index is 0.0976. The molecule has 0 rings (SSSR count). The van der Waals surface area contributed by atoms with E-state index in [-0.39, 0.29) is 24.7 Å². The van der Waals surface area contributed by atoms with Crippen LogP contribution in [0, 0.1) is 23.7 Å². The van der Waals surface area contributed by atoms with E-state index in [4.69, 9.17) is 0 Å². The zero-order valence-corrected chi connectivity index (χ0v) is 19.8. The first kappa shape index (κ1) is 28.7. The molecule has 30 heavy (non-hydrogen) atoms. The zero-order chi connectivity index (χ0) is 22.9. The van der Waals surface area contributed by atoms with Crippen LogP contribution >= 0.6 is 0 Å². The topological polar surface area (TPSA) is 127 Å². The predicted molar refractivity (Wildman–Crippen MR) is 122 cm³/mol. The third-order valence-electron chi connectivity index (χ3n) is 4.97. The quantitative estimate of drug-likeness (QED) is 0.140. The molecule has 0 spiro atoms. The molecule has 0 heterocycles. The molecule has 0 fully saturated rings. The number of carbonyl (C=O) groups excluding carboxylic acids is 2. The third kappa shape index (κ3) is 14.7. The molecule has 0 bridgehead atoms. The van der Waals surface area contributed by atoms with Gasteiger partial charge < -0.3 is 31.7 Å². The van der Waals surface area contributed by atoms with Crippen molar-refractivity contribution < 1.29 is 14.7 Å². The van der Waals surface area contributed by atoms with Gasteiger partial charge in [0.1, 0.15) is 6.23 Å². The van der Waals surface area contributed by atoms with Crippen molar-refractivity contribution in [1.29, 1.82) is 0 Å². The molecule has 0 aliphatic heterocycles. The normalized spacial score (nSPS) is 16.4. The van der Waals surface area contributed by atoms with Crippen molar-refractivity contribution in [2.24, 2.45) is 23.7 Å². The highest BCUT2D eigenvalue weighted by atomic mass is 16.3. The Bertz CT molecular complexity index is 436. The van der Waals surface area contributed by atoms with E-state index in [1.165, 1.54) is 0 Å². The number of amides is 2. The minimum atomic E-state index is -0.926. The first-order chi connectivity index (χ1) is 14.2. The summed E-state index contributed by atoms with van der Waals surface area (Å²) in [6.45, 7) is 10.3. The lowest BCUT2D eigenvalue weighted by molar-refractivity contribution is -0.126. The summed E-state index contributed by atoms with van der Waals surface area (Å²) in [5.74, 6) is 0.134. The Labute approximate surface area is 182 Å². The Balaban J connectivity index is 4.77. The molecule has 0 saturated heterocycles. The molecule has 4 atom stereocenters. The van der Waals surface area contributed by atoms with Crippen LogP contribution in [0.1, 0.15) is 33.6 Å². The van der Waals surface area contributed by atoms with Crippen LogP contribution in [0.4, 0.5) is 0 Å². The fourth-order valence-electron chi connectivity index (χ4n) is 3.24. The Hall–Kier alpha value is -1.26. The van der Waals surface area contributed by atoms with Gasteiger partial charge >= 0.3 is 0 Å². The second-order valence-electron chi connectivity index (χ2n) is 8.62. The van der Waals surface area contributed by atoms with Crippen molar-refractivity contribution in [2.45, 2.75) is 39.8 Å². The van der Waals surface area contributed by atoms with Crippen LogP contribution in [-0.4, -0.2) is 83.6 Å². The lowest BCUT2D eigenvalue weighted by Gasteiger charge is -2.25. The number of nitrogens with one attached hydrogen (secondary N) is 6. The van der Waals surface area contributed by atoms with Crippen molar-refractivity contribution in [3.8, 4) is 0 Å². The largest absolute Gasteiger partial charge is 0.378 e. The van der Waals surface area contributed by atoms with Crippen molar-refractivity contribution in [3.05, 3.63) is 0 Å². The van der Waals surface area contributed by atoms with Gasteiger partial charge in [0.2, 0.25) is 11.8 Å². The van der Waals surface area contributed by atoms with Gasteiger partial charge in [-0.3, -0.25) is 14.9 Å². The molecule has 0 saturated carbocycles. The SMILES string of the molecule is CNCC(C)CNC(=O)CC(CC(=O)NCC(C)CNC)C(O)NCC(C)CNC. The van der Waals surface area contributed by atoms with Crippen LogP contribution in [-0.2, 0) is 9.59 Å². The number of aliphatic hydroxyl groups excluding tert-OH is 1. The number of carbonyl (C=O) groups is 2. The van der Waals surface area contributed by atoms with Gasteiger partial charge in [0.25, 0.3) is 0 Å². The zero-order valence-electron chi connectivity index (χ0n) is 19.8. The van der Waals surface area contributed by atoms with Crippen LogP contribution in [0.15, 0.2) is 0 Å².